The van der Waals surface area contributed by atoms with Gasteiger partial charge in [-0.15, -0.1) is 0 Å². The molecule has 0 bridgehead atoms. The normalized spacial score (nSPS) is 13.7. The second-order valence-electron chi connectivity index (χ2n) is 5.27. The first-order valence-corrected chi connectivity index (χ1v) is 7.42. The van der Waals surface area contributed by atoms with Gasteiger partial charge >= 0.3 is 5.97 Å². The van der Waals surface area contributed by atoms with E-state index in [-0.39, 0.29) is 23.9 Å². The molecule has 19 heavy (non-hydrogen) atoms. The minimum Gasteiger partial charge on any atom is -0.462 e. The van der Waals surface area contributed by atoms with Crippen LogP contribution >= 0.6 is 0 Å². The molecule has 2 atom stereocenters. The Bertz CT molecular complexity index is 266. The van der Waals surface area contributed by atoms with Gasteiger partial charge in [0.1, 0.15) is 0 Å². The fraction of sp³-hybridized carbons (Fsp3) is 0.867. The highest BCUT2D eigenvalue weighted by Crippen LogP contribution is 2.11. The lowest BCUT2D eigenvalue weighted by atomic mass is 10.1. The van der Waals surface area contributed by atoms with Crippen LogP contribution in [0, 0.1) is 5.92 Å². The predicted octanol–water partition coefficient (Wildman–Crippen LogP) is 3.05. The Morgan fingerprint density at radius 1 is 1.11 bits per heavy atom. The fourth-order valence-corrected chi connectivity index (χ4v) is 1.81. The molecule has 112 valence electrons. The maximum absolute atomic E-state index is 11.8. The molecule has 0 spiro atoms. The first-order chi connectivity index (χ1) is 8.97. The van der Waals surface area contributed by atoms with Crippen molar-refractivity contribution in [1.82, 2.24) is 5.32 Å². The van der Waals surface area contributed by atoms with Crippen LogP contribution in [0.25, 0.3) is 0 Å². The lowest BCUT2D eigenvalue weighted by Gasteiger charge is -2.16. The van der Waals surface area contributed by atoms with Gasteiger partial charge in [0.2, 0.25) is 5.91 Å². The topological polar surface area (TPSA) is 55.4 Å². The van der Waals surface area contributed by atoms with Gasteiger partial charge in [0, 0.05) is 13.5 Å². The zero-order valence-corrected chi connectivity index (χ0v) is 12.8. The molecule has 4 nitrogen and oxygen atoms in total. The standard InChI is InChI=1S/C15H29NO3/c1-5-6-7-8-9-13(3)19-15(18)12(2)10-11-16-14(4)17/h12-13H,5-11H2,1-4H3,(H,16,17)/t12-,13-/m0/s1. The highest BCUT2D eigenvalue weighted by atomic mass is 16.5. The number of ether oxygens (including phenoxy) is 1. The minimum absolute atomic E-state index is 0.00688. The number of carbonyl (C=O) groups excluding carboxylic acids is 2. The summed E-state index contributed by atoms with van der Waals surface area (Å²) in [7, 11) is 0. The van der Waals surface area contributed by atoms with Crippen LogP contribution in [0.4, 0.5) is 0 Å². The van der Waals surface area contributed by atoms with Gasteiger partial charge in [-0.2, -0.15) is 0 Å². The van der Waals surface area contributed by atoms with Crippen molar-refractivity contribution in [3.8, 4) is 0 Å². The smallest absolute Gasteiger partial charge is 0.308 e. The average Bonchev–Trinajstić information content (AvgIpc) is 2.34. The van der Waals surface area contributed by atoms with Gasteiger partial charge in [0.25, 0.3) is 0 Å². The fourth-order valence-electron chi connectivity index (χ4n) is 1.81. The number of hydrogen-bond donors (Lipinski definition) is 1. The molecule has 0 heterocycles. The molecule has 0 aromatic carbocycles. The molecule has 0 aliphatic rings. The monoisotopic (exact) mass is 271 g/mol. The molecule has 0 aliphatic heterocycles. The van der Waals surface area contributed by atoms with Gasteiger partial charge in [-0.05, 0) is 26.2 Å². The van der Waals surface area contributed by atoms with Crippen LogP contribution in [-0.4, -0.2) is 24.5 Å². The lowest BCUT2D eigenvalue weighted by molar-refractivity contribution is -0.153. The van der Waals surface area contributed by atoms with E-state index in [1.807, 2.05) is 13.8 Å². The third kappa shape index (κ3) is 10.5. The zero-order valence-electron chi connectivity index (χ0n) is 12.8. The first kappa shape index (κ1) is 17.9. The van der Waals surface area contributed by atoms with Crippen molar-refractivity contribution in [1.29, 1.82) is 0 Å². The molecule has 0 saturated carbocycles. The number of unbranched alkanes of at least 4 members (excludes halogenated alkanes) is 3. The second kappa shape index (κ2) is 10.8. The van der Waals surface area contributed by atoms with Gasteiger partial charge in [-0.1, -0.05) is 33.1 Å². The summed E-state index contributed by atoms with van der Waals surface area (Å²) in [5, 5.41) is 2.69. The molecular weight excluding hydrogens is 242 g/mol. The van der Waals surface area contributed by atoms with Gasteiger partial charge < -0.3 is 10.1 Å². The molecular formula is C15H29NO3. The van der Waals surface area contributed by atoms with Gasteiger partial charge in [0.05, 0.1) is 12.0 Å². The Kier molecular flexibility index (Phi) is 10.2. The molecule has 0 unspecified atom stereocenters. The number of carbonyl (C=O) groups is 2. The summed E-state index contributed by atoms with van der Waals surface area (Å²) in [4.78, 5) is 22.5. The Morgan fingerprint density at radius 2 is 1.79 bits per heavy atom. The highest BCUT2D eigenvalue weighted by molar-refractivity contribution is 5.73. The summed E-state index contributed by atoms with van der Waals surface area (Å²) in [6, 6.07) is 0. The van der Waals surface area contributed by atoms with E-state index in [2.05, 4.69) is 12.2 Å². The zero-order chi connectivity index (χ0) is 14.7. The van der Waals surface area contributed by atoms with Crippen molar-refractivity contribution in [3.63, 3.8) is 0 Å². The molecule has 1 amide bonds. The summed E-state index contributed by atoms with van der Waals surface area (Å²) in [5.74, 6) is -0.386. The average molecular weight is 271 g/mol. The largest absolute Gasteiger partial charge is 0.462 e. The van der Waals surface area contributed by atoms with E-state index < -0.39 is 0 Å². The van der Waals surface area contributed by atoms with Crippen molar-refractivity contribution in [3.05, 3.63) is 0 Å². The van der Waals surface area contributed by atoms with Gasteiger partial charge in [-0.3, -0.25) is 9.59 Å². The number of amides is 1. The van der Waals surface area contributed by atoms with Crippen molar-refractivity contribution in [2.75, 3.05) is 6.54 Å². The summed E-state index contributed by atoms with van der Waals surface area (Å²) in [6.07, 6.45) is 6.33. The number of esters is 1. The van der Waals surface area contributed by atoms with Crippen LogP contribution in [0.5, 0.6) is 0 Å². The Labute approximate surface area is 117 Å². The molecule has 0 aromatic rings. The quantitative estimate of drug-likeness (QED) is 0.491. The molecule has 1 N–H and O–H groups in total. The van der Waals surface area contributed by atoms with Gasteiger partial charge in [-0.25, -0.2) is 0 Å². The van der Waals surface area contributed by atoms with E-state index in [4.69, 9.17) is 4.74 Å². The SMILES string of the molecule is CCCCCC[C@H](C)OC(=O)[C@@H](C)CCNC(C)=O. The van der Waals surface area contributed by atoms with Crippen LogP contribution in [0.15, 0.2) is 0 Å². The van der Waals surface area contributed by atoms with E-state index in [1.165, 1.54) is 26.2 Å². The lowest BCUT2D eigenvalue weighted by Crippen LogP contribution is -2.27. The van der Waals surface area contributed by atoms with Crippen LogP contribution in [0.2, 0.25) is 0 Å². The highest BCUT2D eigenvalue weighted by Gasteiger charge is 2.17. The minimum atomic E-state index is -0.162. The summed E-state index contributed by atoms with van der Waals surface area (Å²) in [6.45, 7) is 7.97. The summed E-state index contributed by atoms with van der Waals surface area (Å²) >= 11 is 0. The van der Waals surface area contributed by atoms with E-state index in [0.29, 0.717) is 13.0 Å². The maximum Gasteiger partial charge on any atom is 0.308 e. The molecule has 4 heteroatoms. The van der Waals surface area contributed by atoms with Crippen LogP contribution in [0.3, 0.4) is 0 Å². The van der Waals surface area contributed by atoms with E-state index in [9.17, 15) is 9.59 Å². The summed E-state index contributed by atoms with van der Waals surface area (Å²) < 4.78 is 5.40. The maximum atomic E-state index is 11.8. The summed E-state index contributed by atoms with van der Waals surface area (Å²) in [5.41, 5.74) is 0. The Morgan fingerprint density at radius 3 is 2.37 bits per heavy atom. The Balaban J connectivity index is 3.72. The molecule has 0 aromatic heterocycles. The van der Waals surface area contributed by atoms with E-state index >= 15 is 0 Å². The Hall–Kier alpha value is -1.06. The van der Waals surface area contributed by atoms with Crippen LogP contribution in [0.1, 0.15) is 66.2 Å². The van der Waals surface area contributed by atoms with Crippen molar-refractivity contribution < 1.29 is 14.3 Å². The van der Waals surface area contributed by atoms with Crippen LogP contribution in [-0.2, 0) is 14.3 Å². The molecule has 0 radical (unpaired) electrons. The number of nitrogens with one attached hydrogen (secondary N) is 1. The molecule has 0 rings (SSSR count). The number of rotatable bonds is 10. The molecule has 0 aliphatic carbocycles. The van der Waals surface area contributed by atoms with Crippen molar-refractivity contribution in [2.45, 2.75) is 72.3 Å². The van der Waals surface area contributed by atoms with Crippen molar-refractivity contribution in [2.24, 2.45) is 5.92 Å². The van der Waals surface area contributed by atoms with Crippen molar-refractivity contribution >= 4 is 11.9 Å². The van der Waals surface area contributed by atoms with E-state index in [1.54, 1.807) is 0 Å². The van der Waals surface area contributed by atoms with Gasteiger partial charge in [0.15, 0.2) is 0 Å². The van der Waals surface area contributed by atoms with Crippen LogP contribution < -0.4 is 5.32 Å². The first-order valence-electron chi connectivity index (χ1n) is 7.42. The second-order valence-corrected chi connectivity index (χ2v) is 5.27. The van der Waals surface area contributed by atoms with E-state index in [0.717, 1.165) is 12.8 Å². The molecule has 0 fully saturated rings. The number of hydrogen-bond acceptors (Lipinski definition) is 3. The third-order valence-corrected chi connectivity index (χ3v) is 3.14. The third-order valence-electron chi connectivity index (χ3n) is 3.14. The molecule has 0 saturated heterocycles. The predicted molar refractivity (Wildman–Crippen MR) is 76.8 cm³/mol.